The molecule has 1 fully saturated rings. The number of aromatic nitrogens is 3. The molecular formula is C20H26N6O3. The van der Waals surface area contributed by atoms with Gasteiger partial charge < -0.3 is 9.88 Å². The van der Waals surface area contributed by atoms with Gasteiger partial charge in [0.2, 0.25) is 5.91 Å². The zero-order valence-electron chi connectivity index (χ0n) is 17.3. The Morgan fingerprint density at radius 1 is 1.24 bits per heavy atom. The van der Waals surface area contributed by atoms with Crippen LogP contribution in [-0.4, -0.2) is 25.2 Å². The Morgan fingerprint density at radius 3 is 2.45 bits per heavy atom. The molecular weight excluding hydrogens is 372 g/mol. The number of carbonyl (C=O) groups excluding carboxylic acids is 1. The molecule has 1 saturated carbocycles. The van der Waals surface area contributed by atoms with Gasteiger partial charge in [-0.25, -0.2) is 0 Å². The molecule has 2 heterocycles. The first-order valence-corrected chi connectivity index (χ1v) is 9.86. The Balaban J connectivity index is 1.91. The van der Waals surface area contributed by atoms with E-state index in [1.165, 1.54) is 11.1 Å². The smallest absolute Gasteiger partial charge is 0.312 e. The van der Waals surface area contributed by atoms with Gasteiger partial charge in [-0.05, 0) is 46.1 Å². The van der Waals surface area contributed by atoms with Crippen LogP contribution in [0.3, 0.4) is 0 Å². The summed E-state index contributed by atoms with van der Waals surface area (Å²) in [5.41, 5.74) is 2.86. The molecule has 3 rings (SSSR count). The van der Waals surface area contributed by atoms with E-state index >= 15 is 0 Å². The highest BCUT2D eigenvalue weighted by Gasteiger charge is 2.27. The number of rotatable bonds is 5. The molecule has 0 unspecified atom stereocenters. The number of hydrogen-bond acceptors (Lipinski definition) is 5. The molecule has 1 N–H and O–H groups in total. The highest BCUT2D eigenvalue weighted by atomic mass is 16.6. The highest BCUT2D eigenvalue weighted by molar-refractivity contribution is 5.91. The third kappa shape index (κ3) is 3.75. The van der Waals surface area contributed by atoms with E-state index in [1.54, 1.807) is 13.8 Å². The van der Waals surface area contributed by atoms with Gasteiger partial charge in [0.15, 0.2) is 0 Å². The van der Waals surface area contributed by atoms with Crippen molar-refractivity contribution in [2.75, 3.05) is 5.32 Å². The fraction of sp³-hybridized carbons (Fsp3) is 0.550. The molecule has 1 aliphatic carbocycles. The minimum atomic E-state index is -0.485. The summed E-state index contributed by atoms with van der Waals surface area (Å²) in [6.45, 7) is 6.84. The molecule has 0 bridgehead atoms. The molecule has 0 saturated heterocycles. The normalized spacial score (nSPS) is 14.6. The lowest BCUT2D eigenvalue weighted by Gasteiger charge is -2.27. The maximum atomic E-state index is 12.8. The Bertz CT molecular complexity index is 1000. The monoisotopic (exact) mass is 398 g/mol. The van der Waals surface area contributed by atoms with Crippen LogP contribution in [-0.2, 0) is 11.3 Å². The zero-order chi connectivity index (χ0) is 21.3. The zero-order valence-corrected chi connectivity index (χ0v) is 17.3. The van der Waals surface area contributed by atoms with Crippen LogP contribution in [0, 0.1) is 49.1 Å². The first kappa shape index (κ1) is 20.6. The van der Waals surface area contributed by atoms with Crippen molar-refractivity contribution in [3.8, 4) is 6.07 Å². The summed E-state index contributed by atoms with van der Waals surface area (Å²) in [6, 6.07) is 2.48. The van der Waals surface area contributed by atoms with Crippen LogP contribution >= 0.6 is 0 Å². The van der Waals surface area contributed by atoms with Crippen LogP contribution in [0.4, 0.5) is 11.5 Å². The van der Waals surface area contributed by atoms with Gasteiger partial charge in [-0.3, -0.25) is 19.6 Å². The predicted molar refractivity (Wildman–Crippen MR) is 108 cm³/mol. The molecule has 9 nitrogen and oxygen atoms in total. The Morgan fingerprint density at radius 2 is 1.90 bits per heavy atom. The molecule has 29 heavy (non-hydrogen) atoms. The number of hydrogen-bond donors (Lipinski definition) is 1. The van der Waals surface area contributed by atoms with Crippen molar-refractivity contribution in [2.45, 2.75) is 72.4 Å². The number of carbonyl (C=O) groups is 1. The van der Waals surface area contributed by atoms with E-state index in [9.17, 15) is 20.2 Å². The molecule has 0 radical (unpaired) electrons. The van der Waals surface area contributed by atoms with E-state index in [-0.39, 0.29) is 29.9 Å². The van der Waals surface area contributed by atoms with E-state index in [0.29, 0.717) is 17.1 Å². The fourth-order valence-electron chi connectivity index (χ4n) is 4.30. The van der Waals surface area contributed by atoms with Gasteiger partial charge in [0.05, 0.1) is 10.5 Å². The number of aryl methyl sites for hydroxylation is 1. The van der Waals surface area contributed by atoms with Gasteiger partial charge in [0.1, 0.15) is 29.8 Å². The lowest BCUT2D eigenvalue weighted by atomic mass is 9.95. The first-order valence-electron chi connectivity index (χ1n) is 9.86. The third-order valence-electron chi connectivity index (χ3n) is 5.89. The molecule has 9 heteroatoms. The lowest BCUT2D eigenvalue weighted by molar-refractivity contribution is -0.386. The summed E-state index contributed by atoms with van der Waals surface area (Å²) < 4.78 is 3.43. The minimum Gasteiger partial charge on any atom is -0.327 e. The van der Waals surface area contributed by atoms with E-state index in [2.05, 4.69) is 21.1 Å². The van der Waals surface area contributed by atoms with Crippen molar-refractivity contribution in [3.05, 3.63) is 38.3 Å². The van der Waals surface area contributed by atoms with E-state index in [4.69, 9.17) is 0 Å². The molecule has 2 aromatic rings. The molecule has 2 aromatic heterocycles. The van der Waals surface area contributed by atoms with Crippen molar-refractivity contribution >= 4 is 17.4 Å². The predicted octanol–water partition coefficient (Wildman–Crippen LogP) is 3.84. The highest BCUT2D eigenvalue weighted by Crippen LogP contribution is 2.36. The Kier molecular flexibility index (Phi) is 5.73. The second kappa shape index (κ2) is 8.07. The van der Waals surface area contributed by atoms with Gasteiger partial charge in [0, 0.05) is 11.7 Å². The second-order valence-corrected chi connectivity index (χ2v) is 7.69. The molecule has 0 aliphatic heterocycles. The number of nitriles is 1. The average Bonchev–Trinajstić information content (AvgIpc) is 3.08. The largest absolute Gasteiger partial charge is 0.327 e. The maximum Gasteiger partial charge on any atom is 0.312 e. The first-order chi connectivity index (χ1) is 13.8. The van der Waals surface area contributed by atoms with E-state index < -0.39 is 4.92 Å². The van der Waals surface area contributed by atoms with Crippen molar-refractivity contribution in [3.63, 3.8) is 0 Å². The average molecular weight is 398 g/mol. The van der Waals surface area contributed by atoms with E-state index in [1.807, 2.05) is 13.8 Å². The van der Waals surface area contributed by atoms with Crippen molar-refractivity contribution in [1.29, 1.82) is 5.26 Å². The number of amides is 1. The molecule has 0 aromatic carbocycles. The summed E-state index contributed by atoms with van der Waals surface area (Å²) in [5, 5.41) is 27.9. The van der Waals surface area contributed by atoms with E-state index in [0.717, 1.165) is 36.9 Å². The summed E-state index contributed by atoms with van der Waals surface area (Å²) >= 11 is 0. The quantitative estimate of drug-likeness (QED) is 0.606. The van der Waals surface area contributed by atoms with Gasteiger partial charge >= 0.3 is 5.69 Å². The van der Waals surface area contributed by atoms with Crippen molar-refractivity contribution in [2.24, 2.45) is 0 Å². The second-order valence-electron chi connectivity index (χ2n) is 7.69. The van der Waals surface area contributed by atoms with Crippen LogP contribution < -0.4 is 5.32 Å². The van der Waals surface area contributed by atoms with Crippen LogP contribution in [0.15, 0.2) is 0 Å². The number of anilines is 1. The fourth-order valence-corrected chi connectivity index (χ4v) is 4.30. The lowest BCUT2D eigenvalue weighted by Crippen LogP contribution is -2.24. The molecule has 154 valence electrons. The SMILES string of the molecule is Cc1nn(CC(=O)Nc2c(C#N)c(C)c(C)n2C2CCCCC2)c(C)c1[N+](=O)[O-]. The minimum absolute atomic E-state index is 0.0761. The van der Waals surface area contributed by atoms with Gasteiger partial charge in [-0.2, -0.15) is 10.4 Å². The van der Waals surface area contributed by atoms with Crippen molar-refractivity contribution in [1.82, 2.24) is 14.3 Å². The summed E-state index contributed by atoms with van der Waals surface area (Å²) in [4.78, 5) is 23.5. The van der Waals surface area contributed by atoms with Crippen LogP contribution in [0.2, 0.25) is 0 Å². The van der Waals surface area contributed by atoms with Crippen LogP contribution in [0.1, 0.15) is 66.4 Å². The number of nitrogens with zero attached hydrogens (tertiary/aromatic N) is 5. The van der Waals surface area contributed by atoms with Crippen molar-refractivity contribution < 1.29 is 9.72 Å². The van der Waals surface area contributed by atoms with Gasteiger partial charge in [0.25, 0.3) is 0 Å². The topological polar surface area (TPSA) is 119 Å². The molecule has 0 atom stereocenters. The summed E-state index contributed by atoms with van der Waals surface area (Å²) in [7, 11) is 0. The molecule has 1 amide bonds. The van der Waals surface area contributed by atoms with Gasteiger partial charge in [-0.15, -0.1) is 0 Å². The Labute approximate surface area is 169 Å². The number of nitrogens with one attached hydrogen (secondary N) is 1. The van der Waals surface area contributed by atoms with Crippen LogP contribution in [0.25, 0.3) is 0 Å². The number of nitro groups is 1. The van der Waals surface area contributed by atoms with Gasteiger partial charge in [-0.1, -0.05) is 19.3 Å². The maximum absolute atomic E-state index is 12.8. The van der Waals surface area contributed by atoms with Crippen LogP contribution in [0.5, 0.6) is 0 Å². The third-order valence-corrected chi connectivity index (χ3v) is 5.89. The molecule has 0 spiro atoms. The Hall–Kier alpha value is -3.15. The standard InChI is InChI=1S/C20H26N6O3/c1-12-14(3)25(16-8-6-5-7-9-16)20(17(12)10-21)22-18(27)11-24-15(4)19(26(28)29)13(2)23-24/h16H,5-9,11H2,1-4H3,(H,22,27). The summed E-state index contributed by atoms with van der Waals surface area (Å²) in [6.07, 6.45) is 5.51. The molecule has 1 aliphatic rings. The summed E-state index contributed by atoms with van der Waals surface area (Å²) in [5.74, 6) is 0.159.